The summed E-state index contributed by atoms with van der Waals surface area (Å²) < 4.78 is 43.7. The highest BCUT2D eigenvalue weighted by atomic mass is 32.2. The molecule has 1 atom stereocenters. The van der Waals surface area contributed by atoms with Crippen LogP contribution in [0, 0.1) is 15.9 Å². The fourth-order valence-electron chi connectivity index (χ4n) is 1.57. The van der Waals surface area contributed by atoms with Gasteiger partial charge in [0.15, 0.2) is 4.90 Å². The molecule has 0 saturated heterocycles. The molecule has 0 aromatic heterocycles. The van der Waals surface area contributed by atoms with Crippen molar-refractivity contribution in [1.29, 1.82) is 0 Å². The minimum absolute atomic E-state index is 0.0401. The zero-order valence-electron chi connectivity index (χ0n) is 11.2. The van der Waals surface area contributed by atoms with E-state index in [1.54, 1.807) is 0 Å². The van der Waals surface area contributed by atoms with Crippen LogP contribution in [0.5, 0.6) is 0 Å². The Hall–Kier alpha value is -1.62. The van der Waals surface area contributed by atoms with Crippen molar-refractivity contribution in [3.8, 4) is 0 Å². The molecule has 118 valence electrons. The van der Waals surface area contributed by atoms with Crippen molar-refractivity contribution in [2.45, 2.75) is 17.4 Å². The molecule has 10 heteroatoms. The molecule has 0 saturated carbocycles. The second-order valence-electron chi connectivity index (χ2n) is 4.16. The van der Waals surface area contributed by atoms with Crippen molar-refractivity contribution in [3.05, 3.63) is 34.1 Å². The van der Waals surface area contributed by atoms with E-state index in [1.165, 1.54) is 7.11 Å². The van der Waals surface area contributed by atoms with Crippen molar-refractivity contribution >= 4 is 15.7 Å². The molecule has 1 rings (SSSR count). The van der Waals surface area contributed by atoms with E-state index in [2.05, 4.69) is 9.46 Å². The Kier molecular flexibility index (Phi) is 6.15. The van der Waals surface area contributed by atoms with Crippen molar-refractivity contribution in [1.82, 2.24) is 4.72 Å². The van der Waals surface area contributed by atoms with Crippen LogP contribution in [0.2, 0.25) is 0 Å². The summed E-state index contributed by atoms with van der Waals surface area (Å²) in [6.07, 6.45) is -0.789. The molecule has 0 aliphatic carbocycles. The minimum atomic E-state index is -4.17. The summed E-state index contributed by atoms with van der Waals surface area (Å²) in [4.78, 5) is 9.17. The van der Waals surface area contributed by atoms with E-state index in [0.29, 0.717) is 6.07 Å². The molecule has 1 aromatic carbocycles. The zero-order chi connectivity index (χ0) is 16.0. The van der Waals surface area contributed by atoms with Gasteiger partial charge < -0.3 is 9.84 Å². The first-order valence-corrected chi connectivity index (χ1v) is 7.37. The summed E-state index contributed by atoms with van der Waals surface area (Å²) in [7, 11) is -2.79. The predicted octanol–water partition coefficient (Wildman–Crippen LogP) is 0.410. The number of nitro groups is 1. The first-order chi connectivity index (χ1) is 9.77. The maximum Gasteiger partial charge on any atom is 0.292 e. The lowest BCUT2D eigenvalue weighted by molar-refractivity contribution is -0.388. The summed E-state index contributed by atoms with van der Waals surface area (Å²) >= 11 is 0. The van der Waals surface area contributed by atoms with E-state index in [-0.39, 0.29) is 19.6 Å². The Morgan fingerprint density at radius 1 is 1.52 bits per heavy atom. The minimum Gasteiger partial charge on any atom is -0.391 e. The first kappa shape index (κ1) is 17.4. The lowest BCUT2D eigenvalue weighted by Crippen LogP contribution is -2.29. The molecular formula is C11H15FN2O6S. The molecule has 0 heterocycles. The van der Waals surface area contributed by atoms with Gasteiger partial charge in [-0.2, -0.15) is 0 Å². The SMILES string of the molecule is COCC(O)CCNS(=O)(=O)c1ccc(F)cc1[N+](=O)[O-]. The van der Waals surface area contributed by atoms with E-state index in [4.69, 9.17) is 0 Å². The van der Waals surface area contributed by atoms with E-state index in [1.807, 2.05) is 0 Å². The standard InChI is InChI=1S/C11H15FN2O6S/c1-20-7-9(15)4-5-13-21(18,19)11-3-2-8(12)6-10(11)14(16)17/h2-3,6,9,13,15H,4-5,7H2,1H3. The lowest BCUT2D eigenvalue weighted by Gasteiger charge is -2.10. The van der Waals surface area contributed by atoms with Gasteiger partial charge in [0.05, 0.1) is 23.7 Å². The predicted molar refractivity (Wildman–Crippen MR) is 70.7 cm³/mol. The second-order valence-corrected chi connectivity index (χ2v) is 5.90. The molecule has 0 bridgehead atoms. The average Bonchev–Trinajstić information content (AvgIpc) is 2.38. The van der Waals surface area contributed by atoms with Gasteiger partial charge >= 0.3 is 0 Å². The van der Waals surface area contributed by atoms with Gasteiger partial charge in [-0.25, -0.2) is 17.5 Å². The van der Waals surface area contributed by atoms with Crippen LogP contribution in [0.15, 0.2) is 23.1 Å². The number of rotatable bonds is 8. The molecule has 0 spiro atoms. The van der Waals surface area contributed by atoms with Gasteiger partial charge in [0.25, 0.3) is 5.69 Å². The fraction of sp³-hybridized carbons (Fsp3) is 0.455. The summed E-state index contributed by atoms with van der Waals surface area (Å²) in [5, 5.41) is 20.2. The fourth-order valence-corrected chi connectivity index (χ4v) is 2.77. The number of nitrogens with zero attached hydrogens (tertiary/aromatic N) is 1. The number of aliphatic hydroxyl groups is 1. The molecule has 0 fully saturated rings. The van der Waals surface area contributed by atoms with Gasteiger partial charge in [0, 0.05) is 13.7 Å². The molecule has 0 aliphatic heterocycles. The monoisotopic (exact) mass is 322 g/mol. The third kappa shape index (κ3) is 5.01. The van der Waals surface area contributed by atoms with Crippen LogP contribution in [0.25, 0.3) is 0 Å². The van der Waals surface area contributed by atoms with Crippen LogP contribution >= 0.6 is 0 Å². The van der Waals surface area contributed by atoms with Crippen LogP contribution in [-0.4, -0.2) is 44.8 Å². The van der Waals surface area contributed by atoms with Gasteiger partial charge in [-0.05, 0) is 18.6 Å². The second kappa shape index (κ2) is 7.41. The number of hydrogen-bond donors (Lipinski definition) is 2. The Morgan fingerprint density at radius 2 is 2.19 bits per heavy atom. The van der Waals surface area contributed by atoms with Crippen LogP contribution in [0.3, 0.4) is 0 Å². The maximum absolute atomic E-state index is 13.0. The Balaban J connectivity index is 2.86. The summed E-state index contributed by atoms with van der Waals surface area (Å²) in [5.41, 5.74) is -0.847. The number of hydrogen-bond acceptors (Lipinski definition) is 6. The number of ether oxygens (including phenoxy) is 1. The third-order valence-electron chi connectivity index (χ3n) is 2.54. The zero-order valence-corrected chi connectivity index (χ0v) is 12.0. The maximum atomic E-state index is 13.0. The summed E-state index contributed by atoms with van der Waals surface area (Å²) in [6, 6.07) is 2.18. The Morgan fingerprint density at radius 3 is 2.76 bits per heavy atom. The number of aliphatic hydroxyl groups excluding tert-OH is 1. The summed E-state index contributed by atoms with van der Waals surface area (Å²) in [6.45, 7) is -0.0974. The van der Waals surface area contributed by atoms with Crippen LogP contribution < -0.4 is 4.72 Å². The highest BCUT2D eigenvalue weighted by Gasteiger charge is 2.26. The molecule has 21 heavy (non-hydrogen) atoms. The Bertz CT molecular complexity index is 607. The van der Waals surface area contributed by atoms with E-state index in [9.17, 15) is 28.0 Å². The first-order valence-electron chi connectivity index (χ1n) is 5.88. The molecular weight excluding hydrogens is 307 g/mol. The number of methoxy groups -OCH3 is 1. The number of benzene rings is 1. The smallest absolute Gasteiger partial charge is 0.292 e. The highest BCUT2D eigenvalue weighted by Crippen LogP contribution is 2.24. The Labute approximate surface area is 120 Å². The van der Waals surface area contributed by atoms with Crippen LogP contribution in [0.1, 0.15) is 6.42 Å². The van der Waals surface area contributed by atoms with Gasteiger partial charge in [-0.1, -0.05) is 0 Å². The average molecular weight is 322 g/mol. The molecule has 0 amide bonds. The normalized spacial score (nSPS) is 13.1. The van der Waals surface area contributed by atoms with Gasteiger partial charge in [-0.3, -0.25) is 10.1 Å². The molecule has 2 N–H and O–H groups in total. The van der Waals surface area contributed by atoms with Crippen molar-refractivity contribution in [2.24, 2.45) is 0 Å². The van der Waals surface area contributed by atoms with E-state index >= 15 is 0 Å². The van der Waals surface area contributed by atoms with E-state index < -0.39 is 37.5 Å². The number of sulfonamides is 1. The number of nitro benzene ring substituents is 1. The van der Waals surface area contributed by atoms with Crippen molar-refractivity contribution in [3.63, 3.8) is 0 Å². The lowest BCUT2D eigenvalue weighted by atomic mass is 10.3. The van der Waals surface area contributed by atoms with E-state index in [0.717, 1.165) is 12.1 Å². The number of nitrogens with one attached hydrogen (secondary N) is 1. The molecule has 0 radical (unpaired) electrons. The topological polar surface area (TPSA) is 119 Å². The van der Waals surface area contributed by atoms with Crippen molar-refractivity contribution < 1.29 is 27.6 Å². The quantitative estimate of drug-likeness (QED) is 0.528. The molecule has 0 aliphatic rings. The van der Waals surface area contributed by atoms with Gasteiger partial charge in [-0.15, -0.1) is 0 Å². The van der Waals surface area contributed by atoms with Crippen LogP contribution in [-0.2, 0) is 14.8 Å². The molecule has 1 unspecified atom stereocenters. The molecule has 8 nitrogen and oxygen atoms in total. The highest BCUT2D eigenvalue weighted by molar-refractivity contribution is 7.89. The van der Waals surface area contributed by atoms with Crippen molar-refractivity contribution in [2.75, 3.05) is 20.3 Å². The van der Waals surface area contributed by atoms with Crippen LogP contribution in [0.4, 0.5) is 10.1 Å². The van der Waals surface area contributed by atoms with Gasteiger partial charge in [0.2, 0.25) is 10.0 Å². The third-order valence-corrected chi connectivity index (χ3v) is 4.04. The molecule has 1 aromatic rings. The summed E-state index contributed by atoms with van der Waals surface area (Å²) in [5.74, 6) is -0.906. The largest absolute Gasteiger partial charge is 0.391 e. The number of halogens is 1. The van der Waals surface area contributed by atoms with Gasteiger partial charge in [0.1, 0.15) is 5.82 Å².